The van der Waals surface area contributed by atoms with Crippen LogP contribution in [0.4, 0.5) is 5.69 Å². The largest absolute Gasteiger partial charge is 0.369 e. The number of aryl methyl sites for hydroxylation is 1. The van der Waals surface area contributed by atoms with Crippen LogP contribution in [0.5, 0.6) is 0 Å². The number of hydrogen-bond acceptors (Lipinski definition) is 2. The minimum atomic E-state index is 0.680. The Labute approximate surface area is 118 Å². The summed E-state index contributed by atoms with van der Waals surface area (Å²) in [6.07, 6.45) is 6.25. The Morgan fingerprint density at radius 3 is 2.89 bits per heavy atom. The van der Waals surface area contributed by atoms with Crippen molar-refractivity contribution in [3.05, 3.63) is 29.8 Å². The summed E-state index contributed by atoms with van der Waals surface area (Å²) >= 11 is 0. The third kappa shape index (κ3) is 3.73. The van der Waals surface area contributed by atoms with Crippen molar-refractivity contribution in [3.8, 4) is 0 Å². The standard InChI is InChI=1S/C17H28N2/c1-14(11-12-18)6-5-13-19-15(2)9-10-16-7-3-4-8-17(16)19/h3-4,7-8,14-15H,5-6,9-13,18H2,1-2H3. The summed E-state index contributed by atoms with van der Waals surface area (Å²) in [5, 5.41) is 0. The molecule has 0 saturated carbocycles. The van der Waals surface area contributed by atoms with E-state index >= 15 is 0 Å². The molecule has 2 atom stereocenters. The van der Waals surface area contributed by atoms with Gasteiger partial charge in [0.25, 0.3) is 0 Å². The van der Waals surface area contributed by atoms with Gasteiger partial charge < -0.3 is 10.6 Å². The Hall–Kier alpha value is -1.02. The van der Waals surface area contributed by atoms with E-state index in [4.69, 9.17) is 5.73 Å². The molecule has 0 radical (unpaired) electrons. The van der Waals surface area contributed by atoms with Crippen LogP contribution >= 0.6 is 0 Å². The first kappa shape index (κ1) is 14.4. The monoisotopic (exact) mass is 260 g/mol. The van der Waals surface area contributed by atoms with E-state index in [1.165, 1.54) is 43.5 Å². The maximum absolute atomic E-state index is 5.62. The highest BCUT2D eigenvalue weighted by atomic mass is 15.2. The highest BCUT2D eigenvalue weighted by Gasteiger charge is 2.21. The molecule has 1 aliphatic heterocycles. The fourth-order valence-electron chi connectivity index (χ4n) is 3.14. The number of nitrogens with two attached hydrogens (primary N) is 1. The summed E-state index contributed by atoms with van der Waals surface area (Å²) in [5.41, 5.74) is 8.61. The van der Waals surface area contributed by atoms with Crippen molar-refractivity contribution in [1.29, 1.82) is 0 Å². The molecule has 0 fully saturated rings. The lowest BCUT2D eigenvalue weighted by Crippen LogP contribution is -2.38. The molecule has 19 heavy (non-hydrogen) atoms. The van der Waals surface area contributed by atoms with E-state index < -0.39 is 0 Å². The van der Waals surface area contributed by atoms with Crippen LogP contribution in [0, 0.1) is 5.92 Å². The number of hydrogen-bond donors (Lipinski definition) is 1. The second kappa shape index (κ2) is 6.95. The number of fused-ring (bicyclic) bond motifs is 1. The van der Waals surface area contributed by atoms with Crippen LogP contribution in [-0.2, 0) is 6.42 Å². The summed E-state index contributed by atoms with van der Waals surface area (Å²) in [5.74, 6) is 0.764. The molecular weight excluding hydrogens is 232 g/mol. The normalized spacial score (nSPS) is 20.2. The number of anilines is 1. The first-order valence-electron chi connectivity index (χ1n) is 7.77. The molecule has 2 nitrogen and oxygen atoms in total. The van der Waals surface area contributed by atoms with Gasteiger partial charge in [0, 0.05) is 18.3 Å². The first-order valence-corrected chi connectivity index (χ1v) is 7.77. The highest BCUT2D eigenvalue weighted by Crippen LogP contribution is 2.30. The van der Waals surface area contributed by atoms with E-state index in [-0.39, 0.29) is 0 Å². The Bertz CT molecular complexity index is 389. The third-order valence-electron chi connectivity index (χ3n) is 4.42. The molecule has 2 N–H and O–H groups in total. The number of para-hydroxylation sites is 1. The summed E-state index contributed by atoms with van der Waals surface area (Å²) in [4.78, 5) is 2.61. The molecule has 2 rings (SSSR count). The summed E-state index contributed by atoms with van der Waals surface area (Å²) in [6.45, 7) is 6.69. The molecule has 0 amide bonds. The topological polar surface area (TPSA) is 29.3 Å². The molecule has 0 saturated heterocycles. The van der Waals surface area contributed by atoms with Crippen molar-refractivity contribution in [2.75, 3.05) is 18.0 Å². The lowest BCUT2D eigenvalue weighted by molar-refractivity contribution is 0.464. The van der Waals surface area contributed by atoms with Crippen molar-refractivity contribution < 1.29 is 0 Å². The van der Waals surface area contributed by atoms with Crippen LogP contribution in [0.3, 0.4) is 0 Å². The van der Waals surface area contributed by atoms with Gasteiger partial charge in [0.2, 0.25) is 0 Å². The van der Waals surface area contributed by atoms with Crippen LogP contribution in [-0.4, -0.2) is 19.1 Å². The van der Waals surface area contributed by atoms with Crippen molar-refractivity contribution >= 4 is 5.69 Å². The van der Waals surface area contributed by atoms with Gasteiger partial charge in [0.05, 0.1) is 0 Å². The quantitative estimate of drug-likeness (QED) is 0.847. The maximum atomic E-state index is 5.62. The molecule has 1 aromatic carbocycles. The van der Waals surface area contributed by atoms with E-state index in [0.717, 1.165) is 18.9 Å². The van der Waals surface area contributed by atoms with Gasteiger partial charge in [-0.2, -0.15) is 0 Å². The SMILES string of the molecule is CC(CCN)CCCN1c2ccccc2CCC1C. The Morgan fingerprint density at radius 2 is 2.11 bits per heavy atom. The van der Waals surface area contributed by atoms with E-state index in [0.29, 0.717) is 6.04 Å². The Morgan fingerprint density at radius 1 is 1.32 bits per heavy atom. The third-order valence-corrected chi connectivity index (χ3v) is 4.42. The van der Waals surface area contributed by atoms with E-state index in [2.05, 4.69) is 43.0 Å². The van der Waals surface area contributed by atoms with Gasteiger partial charge in [-0.05, 0) is 63.1 Å². The van der Waals surface area contributed by atoms with Gasteiger partial charge in [-0.25, -0.2) is 0 Å². The van der Waals surface area contributed by atoms with Crippen LogP contribution in [0.1, 0.15) is 45.1 Å². The molecule has 0 aromatic heterocycles. The summed E-state index contributed by atoms with van der Waals surface area (Å²) in [7, 11) is 0. The smallest absolute Gasteiger partial charge is 0.0401 e. The minimum Gasteiger partial charge on any atom is -0.369 e. The average molecular weight is 260 g/mol. The molecule has 0 aliphatic carbocycles. The summed E-state index contributed by atoms with van der Waals surface area (Å²) < 4.78 is 0. The van der Waals surface area contributed by atoms with E-state index in [1.54, 1.807) is 0 Å². The van der Waals surface area contributed by atoms with E-state index in [9.17, 15) is 0 Å². The molecule has 0 bridgehead atoms. The Balaban J connectivity index is 1.92. The molecule has 0 spiro atoms. The lowest BCUT2D eigenvalue weighted by Gasteiger charge is -2.37. The van der Waals surface area contributed by atoms with Crippen LogP contribution < -0.4 is 10.6 Å². The number of rotatable bonds is 6. The summed E-state index contributed by atoms with van der Waals surface area (Å²) in [6, 6.07) is 9.58. The van der Waals surface area contributed by atoms with Crippen LogP contribution in [0.2, 0.25) is 0 Å². The van der Waals surface area contributed by atoms with Crippen molar-refractivity contribution in [2.45, 2.75) is 52.0 Å². The fraction of sp³-hybridized carbons (Fsp3) is 0.647. The zero-order valence-corrected chi connectivity index (χ0v) is 12.4. The minimum absolute atomic E-state index is 0.680. The first-order chi connectivity index (χ1) is 9.22. The second-order valence-corrected chi connectivity index (χ2v) is 6.03. The molecule has 1 aliphatic rings. The number of nitrogens with zero attached hydrogens (tertiary/aromatic N) is 1. The Kier molecular flexibility index (Phi) is 5.26. The zero-order chi connectivity index (χ0) is 13.7. The van der Waals surface area contributed by atoms with Gasteiger partial charge >= 0.3 is 0 Å². The predicted octanol–water partition coefficient (Wildman–Crippen LogP) is 3.59. The van der Waals surface area contributed by atoms with Crippen molar-refractivity contribution in [2.24, 2.45) is 11.7 Å². The average Bonchev–Trinajstić information content (AvgIpc) is 2.41. The van der Waals surface area contributed by atoms with Crippen molar-refractivity contribution in [3.63, 3.8) is 0 Å². The fourth-order valence-corrected chi connectivity index (χ4v) is 3.14. The maximum Gasteiger partial charge on any atom is 0.0401 e. The van der Waals surface area contributed by atoms with Gasteiger partial charge in [-0.3, -0.25) is 0 Å². The highest BCUT2D eigenvalue weighted by molar-refractivity contribution is 5.56. The molecule has 2 heteroatoms. The molecule has 1 heterocycles. The van der Waals surface area contributed by atoms with Crippen molar-refractivity contribution in [1.82, 2.24) is 0 Å². The lowest BCUT2D eigenvalue weighted by atomic mass is 9.95. The molecule has 2 unspecified atom stereocenters. The van der Waals surface area contributed by atoms with Gasteiger partial charge in [0.15, 0.2) is 0 Å². The van der Waals surface area contributed by atoms with Crippen LogP contribution in [0.25, 0.3) is 0 Å². The second-order valence-electron chi connectivity index (χ2n) is 6.03. The number of benzene rings is 1. The van der Waals surface area contributed by atoms with E-state index in [1.807, 2.05) is 0 Å². The predicted molar refractivity (Wildman–Crippen MR) is 83.6 cm³/mol. The molecule has 106 valence electrons. The zero-order valence-electron chi connectivity index (χ0n) is 12.4. The van der Waals surface area contributed by atoms with Gasteiger partial charge in [-0.1, -0.05) is 25.1 Å². The van der Waals surface area contributed by atoms with Gasteiger partial charge in [-0.15, -0.1) is 0 Å². The molecular formula is C17H28N2. The molecule has 1 aromatic rings. The van der Waals surface area contributed by atoms with Crippen LogP contribution in [0.15, 0.2) is 24.3 Å². The van der Waals surface area contributed by atoms with Gasteiger partial charge in [0.1, 0.15) is 0 Å².